The minimum atomic E-state index is 0.0133. The molecule has 0 unspecified atom stereocenters. The van der Waals surface area contributed by atoms with Gasteiger partial charge in [0.1, 0.15) is 0 Å². The van der Waals surface area contributed by atoms with Crippen LogP contribution in [0.4, 0.5) is 0 Å². The van der Waals surface area contributed by atoms with Crippen LogP contribution in [-0.2, 0) is 5.54 Å². The second-order valence-corrected chi connectivity index (χ2v) is 5.12. The molecule has 0 amide bonds. The molecule has 0 radical (unpaired) electrons. The van der Waals surface area contributed by atoms with Crippen molar-refractivity contribution < 1.29 is 0 Å². The van der Waals surface area contributed by atoms with Crippen molar-refractivity contribution in [2.45, 2.75) is 33.2 Å². The van der Waals surface area contributed by atoms with Crippen molar-refractivity contribution in [2.75, 3.05) is 0 Å². The maximum Gasteiger partial charge on any atom is 0.0691 e. The third-order valence-corrected chi connectivity index (χ3v) is 2.54. The molecular weight excluding hydrogens is 196 g/mol. The molecule has 0 saturated carbocycles. The fraction of sp³-hybridized carbons (Fsp3) is 0.357. The standard InChI is InChI=1S/C14H18N2/c1-11-10-13(12-8-6-5-7-9-12)16(15-11)14(2,3)4/h5-10H,1-4H3. The van der Waals surface area contributed by atoms with E-state index in [-0.39, 0.29) is 5.54 Å². The Morgan fingerprint density at radius 1 is 1.06 bits per heavy atom. The third-order valence-electron chi connectivity index (χ3n) is 2.54. The topological polar surface area (TPSA) is 17.8 Å². The lowest BCUT2D eigenvalue weighted by atomic mass is 10.1. The molecule has 0 fully saturated rings. The van der Waals surface area contributed by atoms with Crippen molar-refractivity contribution in [3.63, 3.8) is 0 Å². The predicted molar refractivity (Wildman–Crippen MR) is 67.4 cm³/mol. The molecule has 1 aromatic heterocycles. The van der Waals surface area contributed by atoms with Gasteiger partial charge in [-0.3, -0.25) is 4.68 Å². The maximum atomic E-state index is 4.57. The van der Waals surface area contributed by atoms with Crippen LogP contribution in [0.3, 0.4) is 0 Å². The molecule has 2 heteroatoms. The molecule has 1 heterocycles. The van der Waals surface area contributed by atoms with E-state index in [2.05, 4.69) is 60.9 Å². The van der Waals surface area contributed by atoms with E-state index in [0.29, 0.717) is 0 Å². The summed E-state index contributed by atoms with van der Waals surface area (Å²) in [5, 5.41) is 4.57. The van der Waals surface area contributed by atoms with Gasteiger partial charge in [0.25, 0.3) is 0 Å². The summed E-state index contributed by atoms with van der Waals surface area (Å²) in [7, 11) is 0. The van der Waals surface area contributed by atoms with Gasteiger partial charge in [-0.1, -0.05) is 30.3 Å². The van der Waals surface area contributed by atoms with Crippen molar-refractivity contribution in [1.82, 2.24) is 9.78 Å². The van der Waals surface area contributed by atoms with Crippen LogP contribution in [0.2, 0.25) is 0 Å². The van der Waals surface area contributed by atoms with Crippen LogP contribution in [-0.4, -0.2) is 9.78 Å². The van der Waals surface area contributed by atoms with E-state index in [1.807, 2.05) is 13.0 Å². The number of benzene rings is 1. The van der Waals surface area contributed by atoms with E-state index in [1.54, 1.807) is 0 Å². The first-order chi connectivity index (χ1) is 7.48. The van der Waals surface area contributed by atoms with E-state index >= 15 is 0 Å². The Hall–Kier alpha value is -1.57. The summed E-state index contributed by atoms with van der Waals surface area (Å²) in [5.41, 5.74) is 3.48. The Morgan fingerprint density at radius 3 is 2.25 bits per heavy atom. The van der Waals surface area contributed by atoms with Gasteiger partial charge in [-0.15, -0.1) is 0 Å². The first kappa shape index (κ1) is 10.9. The molecule has 0 aliphatic heterocycles. The summed E-state index contributed by atoms with van der Waals surface area (Å²) in [5.74, 6) is 0. The van der Waals surface area contributed by atoms with Crippen LogP contribution >= 0.6 is 0 Å². The van der Waals surface area contributed by atoms with Gasteiger partial charge in [0.15, 0.2) is 0 Å². The molecule has 0 N–H and O–H groups in total. The second kappa shape index (κ2) is 3.78. The molecule has 2 nitrogen and oxygen atoms in total. The fourth-order valence-corrected chi connectivity index (χ4v) is 1.83. The van der Waals surface area contributed by atoms with Crippen LogP contribution < -0.4 is 0 Å². The van der Waals surface area contributed by atoms with Gasteiger partial charge in [0, 0.05) is 0 Å². The van der Waals surface area contributed by atoms with Crippen molar-refractivity contribution in [3.05, 3.63) is 42.1 Å². The number of rotatable bonds is 1. The average molecular weight is 214 g/mol. The summed E-state index contributed by atoms with van der Waals surface area (Å²) in [6, 6.07) is 12.5. The summed E-state index contributed by atoms with van der Waals surface area (Å²) in [4.78, 5) is 0. The van der Waals surface area contributed by atoms with Gasteiger partial charge in [-0.25, -0.2) is 0 Å². The highest BCUT2D eigenvalue weighted by molar-refractivity contribution is 5.60. The van der Waals surface area contributed by atoms with E-state index in [1.165, 1.54) is 11.3 Å². The Labute approximate surface area is 96.9 Å². The highest BCUT2D eigenvalue weighted by Gasteiger charge is 2.19. The van der Waals surface area contributed by atoms with E-state index in [9.17, 15) is 0 Å². The molecule has 84 valence electrons. The molecule has 0 saturated heterocycles. The molecule has 0 bridgehead atoms. The summed E-state index contributed by atoms with van der Waals surface area (Å²) in [6.45, 7) is 8.55. The molecule has 0 aliphatic carbocycles. The fourth-order valence-electron chi connectivity index (χ4n) is 1.83. The zero-order valence-electron chi connectivity index (χ0n) is 10.4. The van der Waals surface area contributed by atoms with E-state index in [0.717, 1.165) is 5.69 Å². The molecular formula is C14H18N2. The number of aromatic nitrogens is 2. The average Bonchev–Trinajstić information content (AvgIpc) is 2.61. The predicted octanol–water partition coefficient (Wildman–Crippen LogP) is 3.61. The highest BCUT2D eigenvalue weighted by Crippen LogP contribution is 2.26. The number of nitrogens with zero attached hydrogens (tertiary/aromatic N) is 2. The first-order valence-electron chi connectivity index (χ1n) is 5.61. The Balaban J connectivity index is 2.58. The van der Waals surface area contributed by atoms with E-state index in [4.69, 9.17) is 0 Å². The van der Waals surface area contributed by atoms with Crippen LogP contribution in [0, 0.1) is 6.92 Å². The Kier molecular flexibility index (Phi) is 2.58. The van der Waals surface area contributed by atoms with Gasteiger partial charge < -0.3 is 0 Å². The molecule has 0 aliphatic rings. The van der Waals surface area contributed by atoms with Gasteiger partial charge in [-0.05, 0) is 39.3 Å². The zero-order chi connectivity index (χ0) is 11.8. The SMILES string of the molecule is Cc1cc(-c2ccccc2)n(C(C)(C)C)n1. The molecule has 0 spiro atoms. The lowest BCUT2D eigenvalue weighted by Crippen LogP contribution is -2.24. The third kappa shape index (κ3) is 2.01. The van der Waals surface area contributed by atoms with E-state index < -0.39 is 0 Å². The minimum Gasteiger partial charge on any atom is -0.259 e. The van der Waals surface area contributed by atoms with Crippen LogP contribution in [0.25, 0.3) is 11.3 Å². The molecule has 0 atom stereocenters. The number of aryl methyl sites for hydroxylation is 1. The van der Waals surface area contributed by atoms with Crippen molar-refractivity contribution >= 4 is 0 Å². The van der Waals surface area contributed by atoms with Crippen LogP contribution in [0.15, 0.2) is 36.4 Å². The number of hydrogen-bond acceptors (Lipinski definition) is 1. The van der Waals surface area contributed by atoms with Crippen molar-refractivity contribution in [1.29, 1.82) is 0 Å². The monoisotopic (exact) mass is 214 g/mol. The van der Waals surface area contributed by atoms with Crippen molar-refractivity contribution in [2.24, 2.45) is 0 Å². The Morgan fingerprint density at radius 2 is 1.69 bits per heavy atom. The summed E-state index contributed by atoms with van der Waals surface area (Å²) in [6.07, 6.45) is 0. The lowest BCUT2D eigenvalue weighted by Gasteiger charge is -2.22. The summed E-state index contributed by atoms with van der Waals surface area (Å²) >= 11 is 0. The van der Waals surface area contributed by atoms with Gasteiger partial charge in [0.05, 0.1) is 16.9 Å². The molecule has 2 aromatic rings. The van der Waals surface area contributed by atoms with Gasteiger partial charge >= 0.3 is 0 Å². The van der Waals surface area contributed by atoms with Crippen molar-refractivity contribution in [3.8, 4) is 11.3 Å². The maximum absolute atomic E-state index is 4.57. The minimum absolute atomic E-state index is 0.0133. The lowest BCUT2D eigenvalue weighted by molar-refractivity contribution is 0.358. The molecule has 2 rings (SSSR count). The quantitative estimate of drug-likeness (QED) is 0.709. The molecule has 16 heavy (non-hydrogen) atoms. The largest absolute Gasteiger partial charge is 0.259 e. The second-order valence-electron chi connectivity index (χ2n) is 5.12. The van der Waals surface area contributed by atoms with Crippen LogP contribution in [0.5, 0.6) is 0 Å². The molecule has 1 aromatic carbocycles. The zero-order valence-corrected chi connectivity index (χ0v) is 10.4. The van der Waals surface area contributed by atoms with Gasteiger partial charge in [0.2, 0.25) is 0 Å². The first-order valence-corrected chi connectivity index (χ1v) is 5.61. The van der Waals surface area contributed by atoms with Gasteiger partial charge in [-0.2, -0.15) is 5.10 Å². The number of hydrogen-bond donors (Lipinski definition) is 0. The Bertz CT molecular complexity index is 475. The highest BCUT2D eigenvalue weighted by atomic mass is 15.3. The summed E-state index contributed by atoms with van der Waals surface area (Å²) < 4.78 is 2.09. The van der Waals surface area contributed by atoms with Crippen LogP contribution in [0.1, 0.15) is 26.5 Å². The smallest absolute Gasteiger partial charge is 0.0691 e. The normalized spacial score (nSPS) is 11.8.